The highest BCUT2D eigenvalue weighted by atomic mass is 16.1. The smallest absolute Gasteiger partial charge is 0.251 e. The highest BCUT2D eigenvalue weighted by molar-refractivity contribution is 5.94. The standard InChI is InChI=1S/C29H32N4O/c1-21-16-22(2)33(31-21)20-24-8-7-10-26(17-24)29(34)30-18-27-9-5-6-11-28(27)25-14-12-23(13-15-25)19-32(3)4/h5-17H,18-20H2,1-4H3,(H,30,34). The quantitative estimate of drug-likeness (QED) is 0.399. The van der Waals surface area contributed by atoms with Crippen LogP contribution in [0.3, 0.4) is 0 Å². The number of hydrogen-bond donors (Lipinski definition) is 1. The molecule has 0 saturated heterocycles. The summed E-state index contributed by atoms with van der Waals surface area (Å²) in [6.07, 6.45) is 0. The molecule has 174 valence electrons. The molecule has 3 aromatic carbocycles. The zero-order chi connectivity index (χ0) is 24.1. The molecule has 1 N–H and O–H groups in total. The van der Waals surface area contributed by atoms with E-state index >= 15 is 0 Å². The summed E-state index contributed by atoms with van der Waals surface area (Å²) in [4.78, 5) is 15.1. The molecule has 34 heavy (non-hydrogen) atoms. The van der Waals surface area contributed by atoms with Crippen LogP contribution in [0.5, 0.6) is 0 Å². The van der Waals surface area contributed by atoms with Gasteiger partial charge in [-0.25, -0.2) is 0 Å². The number of nitrogens with one attached hydrogen (secondary N) is 1. The molecule has 0 bridgehead atoms. The Labute approximate surface area is 202 Å². The third kappa shape index (κ3) is 5.80. The summed E-state index contributed by atoms with van der Waals surface area (Å²) in [7, 11) is 4.14. The molecule has 5 heteroatoms. The van der Waals surface area contributed by atoms with Crippen LogP contribution >= 0.6 is 0 Å². The van der Waals surface area contributed by atoms with Gasteiger partial charge in [-0.05, 0) is 74.0 Å². The Morgan fingerprint density at radius 3 is 2.38 bits per heavy atom. The highest BCUT2D eigenvalue weighted by Gasteiger charge is 2.10. The number of rotatable bonds is 8. The van der Waals surface area contributed by atoms with Crippen LogP contribution in [0.4, 0.5) is 0 Å². The van der Waals surface area contributed by atoms with Crippen LogP contribution in [0.2, 0.25) is 0 Å². The van der Waals surface area contributed by atoms with E-state index in [-0.39, 0.29) is 5.91 Å². The first-order valence-electron chi connectivity index (χ1n) is 11.6. The first-order chi connectivity index (χ1) is 16.4. The number of carbonyl (C=O) groups is 1. The van der Waals surface area contributed by atoms with Gasteiger partial charge in [0.05, 0.1) is 12.2 Å². The van der Waals surface area contributed by atoms with E-state index in [9.17, 15) is 4.79 Å². The van der Waals surface area contributed by atoms with Crippen LogP contribution in [0.15, 0.2) is 78.9 Å². The molecule has 0 atom stereocenters. The Bertz CT molecular complexity index is 1270. The monoisotopic (exact) mass is 452 g/mol. The summed E-state index contributed by atoms with van der Waals surface area (Å²) in [5.74, 6) is -0.0775. The summed E-state index contributed by atoms with van der Waals surface area (Å²) < 4.78 is 1.96. The van der Waals surface area contributed by atoms with Crippen LogP contribution in [-0.2, 0) is 19.6 Å². The lowest BCUT2D eigenvalue weighted by Gasteiger charge is -2.13. The Kier molecular flexibility index (Phi) is 7.24. The molecule has 0 fully saturated rings. The van der Waals surface area contributed by atoms with Gasteiger partial charge in [0.15, 0.2) is 0 Å². The Morgan fingerprint density at radius 1 is 0.912 bits per heavy atom. The predicted molar refractivity (Wildman–Crippen MR) is 138 cm³/mol. The lowest BCUT2D eigenvalue weighted by molar-refractivity contribution is 0.0951. The third-order valence-corrected chi connectivity index (χ3v) is 5.85. The van der Waals surface area contributed by atoms with Gasteiger partial charge in [-0.2, -0.15) is 5.10 Å². The van der Waals surface area contributed by atoms with Crippen molar-refractivity contribution < 1.29 is 4.79 Å². The minimum Gasteiger partial charge on any atom is -0.348 e. The van der Waals surface area contributed by atoms with Crippen LogP contribution in [0, 0.1) is 13.8 Å². The van der Waals surface area contributed by atoms with Gasteiger partial charge in [-0.15, -0.1) is 0 Å². The number of carbonyl (C=O) groups excluding carboxylic acids is 1. The average molecular weight is 453 g/mol. The van der Waals surface area contributed by atoms with Crippen molar-refractivity contribution in [2.75, 3.05) is 14.1 Å². The molecule has 1 amide bonds. The second-order valence-corrected chi connectivity index (χ2v) is 9.06. The summed E-state index contributed by atoms with van der Waals surface area (Å²) in [6.45, 7) is 6.06. The van der Waals surface area contributed by atoms with Gasteiger partial charge in [0, 0.05) is 24.3 Å². The van der Waals surface area contributed by atoms with Crippen LogP contribution in [0.1, 0.15) is 38.4 Å². The molecule has 1 aromatic heterocycles. The number of aryl methyl sites for hydroxylation is 2. The molecule has 0 unspecified atom stereocenters. The van der Waals surface area contributed by atoms with Gasteiger partial charge in [-0.3, -0.25) is 9.48 Å². The maximum absolute atomic E-state index is 13.0. The second kappa shape index (κ2) is 10.5. The fraction of sp³-hybridized carbons (Fsp3) is 0.241. The molecule has 0 aliphatic rings. The summed E-state index contributed by atoms with van der Waals surface area (Å²) >= 11 is 0. The molecule has 0 aliphatic carbocycles. The molecular formula is C29H32N4O. The van der Waals surface area contributed by atoms with Gasteiger partial charge in [-0.1, -0.05) is 60.7 Å². The predicted octanol–water partition coefficient (Wildman–Crippen LogP) is 5.21. The van der Waals surface area contributed by atoms with Crippen molar-refractivity contribution in [2.45, 2.75) is 33.5 Å². The van der Waals surface area contributed by atoms with E-state index in [1.807, 2.05) is 54.9 Å². The Hall–Kier alpha value is -3.70. The van der Waals surface area contributed by atoms with Gasteiger partial charge in [0.1, 0.15) is 0 Å². The topological polar surface area (TPSA) is 50.2 Å². The highest BCUT2D eigenvalue weighted by Crippen LogP contribution is 2.24. The van der Waals surface area contributed by atoms with Crippen molar-refractivity contribution >= 4 is 5.91 Å². The minimum atomic E-state index is -0.0775. The first-order valence-corrected chi connectivity index (χ1v) is 11.6. The lowest BCUT2D eigenvalue weighted by Crippen LogP contribution is -2.23. The maximum Gasteiger partial charge on any atom is 0.251 e. The van der Waals surface area contributed by atoms with Crippen LogP contribution in [-0.4, -0.2) is 34.7 Å². The second-order valence-electron chi connectivity index (χ2n) is 9.06. The van der Waals surface area contributed by atoms with E-state index in [0.29, 0.717) is 18.7 Å². The molecule has 0 radical (unpaired) electrons. The number of hydrogen-bond acceptors (Lipinski definition) is 3. The number of aromatic nitrogens is 2. The number of benzene rings is 3. The first kappa shape index (κ1) is 23.5. The molecule has 0 aliphatic heterocycles. The van der Waals surface area contributed by atoms with Crippen molar-refractivity contribution in [3.8, 4) is 11.1 Å². The van der Waals surface area contributed by atoms with Crippen molar-refractivity contribution in [1.29, 1.82) is 0 Å². The largest absolute Gasteiger partial charge is 0.348 e. The van der Waals surface area contributed by atoms with Crippen LogP contribution in [0.25, 0.3) is 11.1 Å². The van der Waals surface area contributed by atoms with E-state index in [1.54, 1.807) is 0 Å². The SMILES string of the molecule is Cc1cc(C)n(Cc2cccc(C(=O)NCc3ccccc3-c3ccc(CN(C)C)cc3)c2)n1. The fourth-order valence-corrected chi connectivity index (χ4v) is 4.21. The summed E-state index contributed by atoms with van der Waals surface area (Å²) in [5, 5.41) is 7.63. The van der Waals surface area contributed by atoms with Gasteiger partial charge in [0.25, 0.3) is 5.91 Å². The Morgan fingerprint density at radius 2 is 1.68 bits per heavy atom. The van der Waals surface area contributed by atoms with Crippen molar-refractivity contribution in [3.05, 3.63) is 113 Å². The van der Waals surface area contributed by atoms with Crippen molar-refractivity contribution in [1.82, 2.24) is 20.0 Å². The summed E-state index contributed by atoms with van der Waals surface area (Å²) in [5.41, 5.74) is 8.48. The molecule has 0 spiro atoms. The molecule has 1 heterocycles. The van der Waals surface area contributed by atoms with Crippen molar-refractivity contribution in [3.63, 3.8) is 0 Å². The zero-order valence-corrected chi connectivity index (χ0v) is 20.4. The fourth-order valence-electron chi connectivity index (χ4n) is 4.21. The molecule has 4 aromatic rings. The van der Waals surface area contributed by atoms with E-state index in [0.717, 1.165) is 40.2 Å². The third-order valence-electron chi connectivity index (χ3n) is 5.85. The normalized spacial score (nSPS) is 11.1. The minimum absolute atomic E-state index is 0.0775. The zero-order valence-electron chi connectivity index (χ0n) is 20.4. The number of amides is 1. The van der Waals surface area contributed by atoms with E-state index in [2.05, 4.69) is 71.9 Å². The molecular weight excluding hydrogens is 420 g/mol. The summed E-state index contributed by atoms with van der Waals surface area (Å²) in [6, 6.07) is 26.7. The molecule has 5 nitrogen and oxygen atoms in total. The molecule has 0 saturated carbocycles. The van der Waals surface area contributed by atoms with Gasteiger partial charge in [0.2, 0.25) is 0 Å². The van der Waals surface area contributed by atoms with E-state index < -0.39 is 0 Å². The van der Waals surface area contributed by atoms with Gasteiger partial charge < -0.3 is 10.2 Å². The van der Waals surface area contributed by atoms with E-state index in [1.165, 1.54) is 5.56 Å². The van der Waals surface area contributed by atoms with Crippen LogP contribution < -0.4 is 5.32 Å². The Balaban J connectivity index is 1.45. The average Bonchev–Trinajstić information content (AvgIpc) is 3.14. The van der Waals surface area contributed by atoms with Gasteiger partial charge >= 0.3 is 0 Å². The molecule has 4 rings (SSSR count). The van der Waals surface area contributed by atoms with E-state index in [4.69, 9.17) is 0 Å². The lowest BCUT2D eigenvalue weighted by atomic mass is 9.98. The van der Waals surface area contributed by atoms with Crippen molar-refractivity contribution in [2.24, 2.45) is 0 Å². The maximum atomic E-state index is 13.0. The number of nitrogens with zero attached hydrogens (tertiary/aromatic N) is 3.